The highest BCUT2D eigenvalue weighted by Gasteiger charge is 2.39. The molecule has 0 radical (unpaired) electrons. The Labute approximate surface area is 118 Å². The van der Waals surface area contributed by atoms with E-state index in [9.17, 15) is 9.90 Å². The first kappa shape index (κ1) is 12.9. The van der Waals surface area contributed by atoms with E-state index in [2.05, 4.69) is 29.2 Å². The van der Waals surface area contributed by atoms with Crippen LogP contribution in [0.2, 0.25) is 0 Å². The van der Waals surface area contributed by atoms with Gasteiger partial charge in [-0.2, -0.15) is 0 Å². The number of carboxylic acids is 1. The third-order valence-corrected chi connectivity index (χ3v) is 3.91. The van der Waals surface area contributed by atoms with Crippen molar-refractivity contribution >= 4 is 5.97 Å². The van der Waals surface area contributed by atoms with Crippen molar-refractivity contribution in [1.82, 2.24) is 4.90 Å². The molecule has 0 aliphatic carbocycles. The van der Waals surface area contributed by atoms with E-state index >= 15 is 0 Å². The third kappa shape index (κ3) is 2.32. The molecule has 0 amide bonds. The molecule has 0 aromatic heterocycles. The average molecular weight is 267 g/mol. The first-order valence-corrected chi connectivity index (χ1v) is 6.86. The van der Waals surface area contributed by atoms with E-state index in [1.807, 2.05) is 36.4 Å². The fourth-order valence-electron chi connectivity index (χ4n) is 2.83. The van der Waals surface area contributed by atoms with Gasteiger partial charge >= 0.3 is 5.97 Å². The van der Waals surface area contributed by atoms with Crippen molar-refractivity contribution < 1.29 is 9.90 Å². The topological polar surface area (TPSA) is 40.5 Å². The fourth-order valence-corrected chi connectivity index (χ4v) is 2.83. The van der Waals surface area contributed by atoms with Gasteiger partial charge in [-0.25, -0.2) is 0 Å². The molecule has 1 aliphatic rings. The minimum Gasteiger partial charge on any atom is -0.480 e. The summed E-state index contributed by atoms with van der Waals surface area (Å²) >= 11 is 0. The van der Waals surface area contributed by atoms with Gasteiger partial charge in [-0.05, 0) is 17.5 Å². The molecular weight excluding hydrogens is 250 g/mol. The number of carbonyl (C=O) groups is 1. The van der Waals surface area contributed by atoms with E-state index < -0.39 is 5.97 Å². The molecule has 1 fully saturated rings. The maximum absolute atomic E-state index is 11.3. The highest BCUT2D eigenvalue weighted by atomic mass is 16.4. The largest absolute Gasteiger partial charge is 0.480 e. The standard InChI is InChI=1S/C17H17NO2/c19-17(20)15-11-12-18(15)16(13-7-3-1-4-8-13)14-9-5-2-6-10-14/h1-10,15-16H,11-12H2,(H,19,20)/t15-/m0/s1. The van der Waals surface area contributed by atoms with Crippen molar-refractivity contribution in [2.24, 2.45) is 0 Å². The molecule has 20 heavy (non-hydrogen) atoms. The summed E-state index contributed by atoms with van der Waals surface area (Å²) in [7, 11) is 0. The Morgan fingerprint density at radius 2 is 1.50 bits per heavy atom. The number of aliphatic carboxylic acids is 1. The van der Waals surface area contributed by atoms with Gasteiger partial charge in [0.15, 0.2) is 0 Å². The molecule has 1 saturated heterocycles. The predicted octanol–water partition coefficient (Wildman–Crippen LogP) is 2.93. The van der Waals surface area contributed by atoms with Crippen LogP contribution in [0.25, 0.3) is 0 Å². The third-order valence-electron chi connectivity index (χ3n) is 3.91. The van der Waals surface area contributed by atoms with Crippen LogP contribution in [0.5, 0.6) is 0 Å². The van der Waals surface area contributed by atoms with E-state index in [1.54, 1.807) is 0 Å². The lowest BCUT2D eigenvalue weighted by Gasteiger charge is -2.44. The Morgan fingerprint density at radius 1 is 1.00 bits per heavy atom. The van der Waals surface area contributed by atoms with E-state index in [-0.39, 0.29) is 12.1 Å². The summed E-state index contributed by atoms with van der Waals surface area (Å²) in [5, 5.41) is 9.30. The van der Waals surface area contributed by atoms with E-state index in [4.69, 9.17) is 0 Å². The van der Waals surface area contributed by atoms with Gasteiger partial charge in [0.1, 0.15) is 6.04 Å². The van der Waals surface area contributed by atoms with Crippen molar-refractivity contribution in [2.75, 3.05) is 6.54 Å². The molecule has 0 spiro atoms. The molecule has 2 aromatic carbocycles. The minimum atomic E-state index is -0.729. The van der Waals surface area contributed by atoms with Gasteiger partial charge in [0.05, 0.1) is 6.04 Å². The Bertz CT molecular complexity index is 543. The zero-order valence-electron chi connectivity index (χ0n) is 11.1. The maximum atomic E-state index is 11.3. The highest BCUT2D eigenvalue weighted by Crippen LogP contribution is 2.35. The van der Waals surface area contributed by atoms with Crippen LogP contribution in [-0.4, -0.2) is 28.6 Å². The Morgan fingerprint density at radius 3 is 1.85 bits per heavy atom. The number of hydrogen-bond acceptors (Lipinski definition) is 2. The normalized spacial score (nSPS) is 18.8. The van der Waals surface area contributed by atoms with E-state index in [1.165, 1.54) is 0 Å². The summed E-state index contributed by atoms with van der Waals surface area (Å²) in [5.41, 5.74) is 2.29. The molecule has 1 atom stereocenters. The molecule has 3 heteroatoms. The van der Waals surface area contributed by atoms with E-state index in [0.717, 1.165) is 24.1 Å². The lowest BCUT2D eigenvalue weighted by molar-refractivity contribution is -0.149. The minimum absolute atomic E-state index is 0.0206. The van der Waals surface area contributed by atoms with Gasteiger partial charge in [-0.1, -0.05) is 60.7 Å². The van der Waals surface area contributed by atoms with Gasteiger partial charge in [-0.15, -0.1) is 0 Å². The summed E-state index contributed by atoms with van der Waals surface area (Å²) in [4.78, 5) is 13.4. The lowest BCUT2D eigenvalue weighted by Crippen LogP contribution is -2.53. The van der Waals surface area contributed by atoms with Crippen LogP contribution < -0.4 is 0 Å². The van der Waals surface area contributed by atoms with Gasteiger partial charge in [0.2, 0.25) is 0 Å². The lowest BCUT2D eigenvalue weighted by atomic mass is 9.91. The fraction of sp³-hybridized carbons (Fsp3) is 0.235. The van der Waals surface area contributed by atoms with Crippen molar-refractivity contribution in [3.05, 3.63) is 71.8 Å². The first-order chi connectivity index (χ1) is 9.77. The molecule has 0 bridgehead atoms. The van der Waals surface area contributed by atoms with Crippen LogP contribution in [0, 0.1) is 0 Å². The summed E-state index contributed by atoms with van der Waals surface area (Å²) in [6.07, 6.45) is 0.728. The number of likely N-dealkylation sites (tertiary alicyclic amines) is 1. The second-order valence-corrected chi connectivity index (χ2v) is 5.10. The summed E-state index contributed by atoms with van der Waals surface area (Å²) in [6.45, 7) is 0.825. The second kappa shape index (κ2) is 5.47. The molecule has 1 aliphatic heterocycles. The van der Waals surface area contributed by atoms with Crippen LogP contribution in [0.1, 0.15) is 23.6 Å². The Hall–Kier alpha value is -2.13. The van der Waals surface area contributed by atoms with Crippen molar-refractivity contribution in [3.63, 3.8) is 0 Å². The molecule has 1 N–H and O–H groups in total. The number of hydrogen-bond donors (Lipinski definition) is 1. The van der Waals surface area contributed by atoms with Crippen LogP contribution in [-0.2, 0) is 4.79 Å². The van der Waals surface area contributed by atoms with Crippen LogP contribution >= 0.6 is 0 Å². The van der Waals surface area contributed by atoms with Crippen molar-refractivity contribution in [3.8, 4) is 0 Å². The number of rotatable bonds is 4. The average Bonchev–Trinajstić information content (AvgIpc) is 2.44. The van der Waals surface area contributed by atoms with Crippen molar-refractivity contribution in [1.29, 1.82) is 0 Å². The Kier molecular flexibility index (Phi) is 3.52. The van der Waals surface area contributed by atoms with Gasteiger partial charge in [0, 0.05) is 6.54 Å². The number of benzene rings is 2. The molecule has 0 unspecified atom stereocenters. The van der Waals surface area contributed by atoms with E-state index in [0.29, 0.717) is 0 Å². The monoisotopic (exact) mass is 267 g/mol. The molecule has 3 rings (SSSR count). The van der Waals surface area contributed by atoms with Crippen LogP contribution in [0.4, 0.5) is 0 Å². The predicted molar refractivity (Wildman–Crippen MR) is 77.5 cm³/mol. The van der Waals surface area contributed by atoms with Crippen LogP contribution in [0.3, 0.4) is 0 Å². The molecule has 0 saturated carbocycles. The van der Waals surface area contributed by atoms with Gasteiger partial charge < -0.3 is 5.11 Å². The smallest absolute Gasteiger partial charge is 0.320 e. The second-order valence-electron chi connectivity index (χ2n) is 5.10. The first-order valence-electron chi connectivity index (χ1n) is 6.86. The van der Waals surface area contributed by atoms with Gasteiger partial charge in [-0.3, -0.25) is 9.69 Å². The maximum Gasteiger partial charge on any atom is 0.320 e. The number of carboxylic acid groups (broad SMARTS) is 1. The number of nitrogens with zero attached hydrogens (tertiary/aromatic N) is 1. The summed E-state index contributed by atoms with van der Waals surface area (Å²) < 4.78 is 0. The summed E-state index contributed by atoms with van der Waals surface area (Å²) in [5.74, 6) is -0.729. The molecule has 2 aromatic rings. The quantitative estimate of drug-likeness (QED) is 0.926. The molecule has 1 heterocycles. The molecule has 3 nitrogen and oxygen atoms in total. The summed E-state index contributed by atoms with van der Waals surface area (Å²) in [6, 6.07) is 19.9. The van der Waals surface area contributed by atoms with Crippen LogP contribution in [0.15, 0.2) is 60.7 Å². The Balaban J connectivity index is 1.99. The highest BCUT2D eigenvalue weighted by molar-refractivity contribution is 5.74. The van der Waals surface area contributed by atoms with Gasteiger partial charge in [0.25, 0.3) is 0 Å². The molecule has 102 valence electrons. The molecular formula is C17H17NO2. The van der Waals surface area contributed by atoms with Crippen molar-refractivity contribution in [2.45, 2.75) is 18.5 Å². The SMILES string of the molecule is O=C(O)[C@@H]1CCN1C(c1ccccc1)c1ccccc1. The zero-order valence-corrected chi connectivity index (χ0v) is 11.1. The zero-order chi connectivity index (χ0) is 13.9.